The van der Waals surface area contributed by atoms with Gasteiger partial charge in [0.15, 0.2) is 37.1 Å². The highest BCUT2D eigenvalue weighted by molar-refractivity contribution is 5.87. The second-order valence-electron chi connectivity index (χ2n) is 6.06. The molecule has 0 aromatic carbocycles. The molecule has 0 N–H and O–H groups in total. The van der Waals surface area contributed by atoms with Crippen LogP contribution in [-0.2, 0) is 57.2 Å². The van der Waals surface area contributed by atoms with Gasteiger partial charge in [0.2, 0.25) is 0 Å². The minimum Gasteiger partial charge on any atom is -0.451 e. The molecule has 0 spiro atoms. The summed E-state index contributed by atoms with van der Waals surface area (Å²) >= 11 is 0. The van der Waals surface area contributed by atoms with Gasteiger partial charge in [-0.25, -0.2) is 28.8 Å². The normalized spacial score (nSPS) is 31.1. The van der Waals surface area contributed by atoms with Crippen molar-refractivity contribution in [3.8, 4) is 0 Å². The van der Waals surface area contributed by atoms with Crippen LogP contribution in [0.25, 0.3) is 0 Å². The third-order valence-electron chi connectivity index (χ3n) is 3.47. The number of hydrogen-bond acceptors (Lipinski definition) is 12. The highest BCUT2D eigenvalue weighted by Crippen LogP contribution is 2.08. The van der Waals surface area contributed by atoms with Gasteiger partial charge in [0.25, 0.3) is 0 Å². The van der Waals surface area contributed by atoms with Crippen LogP contribution in [0, 0.1) is 0 Å². The Morgan fingerprint density at radius 1 is 0.483 bits per heavy atom. The van der Waals surface area contributed by atoms with Crippen molar-refractivity contribution in [2.45, 2.75) is 65.1 Å². The van der Waals surface area contributed by atoms with Crippen LogP contribution >= 0.6 is 0 Å². The Morgan fingerprint density at radius 3 is 1.10 bits per heavy atom. The predicted octanol–water partition coefficient (Wildman–Crippen LogP) is -0.798. The standard InChI is InChI=1S/C17H22O12/c1-7-13(19)24-6-12(18)25-8(2)14(20)27-10(4)16(22)29-11(5)17(23)28-9(3)15(21)26-7/h7-11H,6H2,1-5H3. The van der Waals surface area contributed by atoms with Gasteiger partial charge in [-0.2, -0.15) is 0 Å². The third kappa shape index (κ3) is 7.39. The molecule has 1 heterocycles. The van der Waals surface area contributed by atoms with Gasteiger partial charge < -0.3 is 28.4 Å². The Hall–Kier alpha value is -3.18. The van der Waals surface area contributed by atoms with Gasteiger partial charge in [-0.3, -0.25) is 0 Å². The number of cyclic esters (lactones) is 6. The van der Waals surface area contributed by atoms with Crippen LogP contribution in [0.3, 0.4) is 0 Å². The molecule has 12 nitrogen and oxygen atoms in total. The zero-order chi connectivity index (χ0) is 22.3. The van der Waals surface area contributed by atoms with Crippen molar-refractivity contribution in [2.24, 2.45) is 0 Å². The zero-order valence-electron chi connectivity index (χ0n) is 16.5. The van der Waals surface area contributed by atoms with Crippen LogP contribution in [0.1, 0.15) is 34.6 Å². The van der Waals surface area contributed by atoms with Crippen LogP contribution in [0.15, 0.2) is 0 Å². The molecular formula is C17H22O12. The first-order valence-electron chi connectivity index (χ1n) is 8.60. The fourth-order valence-corrected chi connectivity index (χ4v) is 1.80. The fourth-order valence-electron chi connectivity index (χ4n) is 1.80. The van der Waals surface area contributed by atoms with Crippen LogP contribution in [0.5, 0.6) is 0 Å². The third-order valence-corrected chi connectivity index (χ3v) is 3.47. The maximum atomic E-state index is 11.9. The van der Waals surface area contributed by atoms with Crippen LogP contribution in [0.2, 0.25) is 0 Å². The molecule has 12 heteroatoms. The van der Waals surface area contributed by atoms with E-state index in [2.05, 4.69) is 4.74 Å². The monoisotopic (exact) mass is 418 g/mol. The van der Waals surface area contributed by atoms with E-state index in [0.29, 0.717) is 0 Å². The van der Waals surface area contributed by atoms with Gasteiger partial charge in [-0.05, 0) is 34.6 Å². The van der Waals surface area contributed by atoms with E-state index in [-0.39, 0.29) is 0 Å². The van der Waals surface area contributed by atoms with Crippen LogP contribution in [-0.4, -0.2) is 72.9 Å². The highest BCUT2D eigenvalue weighted by atomic mass is 16.7. The Labute approximate surface area is 165 Å². The second-order valence-corrected chi connectivity index (χ2v) is 6.06. The average Bonchev–Trinajstić information content (AvgIpc) is 2.64. The summed E-state index contributed by atoms with van der Waals surface area (Å²) in [7, 11) is 0. The number of ether oxygens (including phenoxy) is 6. The first-order valence-corrected chi connectivity index (χ1v) is 8.60. The lowest BCUT2D eigenvalue weighted by molar-refractivity contribution is -0.189. The summed E-state index contributed by atoms with van der Waals surface area (Å²) < 4.78 is 28.6. The highest BCUT2D eigenvalue weighted by Gasteiger charge is 2.32. The van der Waals surface area contributed by atoms with Gasteiger partial charge in [0, 0.05) is 0 Å². The number of hydrogen-bond donors (Lipinski definition) is 0. The first-order chi connectivity index (χ1) is 13.4. The van der Waals surface area contributed by atoms with E-state index in [1.807, 2.05) is 0 Å². The molecule has 0 saturated carbocycles. The van der Waals surface area contributed by atoms with E-state index in [4.69, 9.17) is 23.7 Å². The van der Waals surface area contributed by atoms with E-state index in [0.717, 1.165) is 0 Å². The molecule has 0 aliphatic carbocycles. The minimum absolute atomic E-state index is 0.863. The average molecular weight is 418 g/mol. The SMILES string of the molecule is CC1OC(=O)COC(=O)C(C)OC(=O)C(C)OC(=O)C(C)OC(=O)C(C)OC1=O. The molecule has 0 radical (unpaired) electrons. The lowest BCUT2D eigenvalue weighted by atomic mass is 10.3. The lowest BCUT2D eigenvalue weighted by Gasteiger charge is -2.21. The molecular weight excluding hydrogens is 396 g/mol. The van der Waals surface area contributed by atoms with Crippen molar-refractivity contribution < 1.29 is 57.2 Å². The molecule has 0 aromatic heterocycles. The van der Waals surface area contributed by atoms with Gasteiger partial charge in [0.05, 0.1) is 0 Å². The summed E-state index contributed by atoms with van der Waals surface area (Å²) in [6.07, 6.45) is -7.14. The summed E-state index contributed by atoms with van der Waals surface area (Å²) in [5, 5.41) is 0. The Morgan fingerprint density at radius 2 is 0.759 bits per heavy atom. The number of rotatable bonds is 0. The Balaban J connectivity index is 2.97. The second kappa shape index (κ2) is 10.4. The molecule has 162 valence electrons. The number of esters is 6. The topological polar surface area (TPSA) is 158 Å². The summed E-state index contributed by atoms with van der Waals surface area (Å²) in [4.78, 5) is 71.1. The minimum atomic E-state index is -1.43. The molecule has 0 amide bonds. The van der Waals surface area contributed by atoms with Crippen LogP contribution < -0.4 is 0 Å². The maximum Gasteiger partial charge on any atom is 0.347 e. The van der Waals surface area contributed by atoms with Crippen molar-refractivity contribution in [1.29, 1.82) is 0 Å². The predicted molar refractivity (Wildman–Crippen MR) is 88.7 cm³/mol. The van der Waals surface area contributed by atoms with E-state index >= 15 is 0 Å². The van der Waals surface area contributed by atoms with E-state index in [1.54, 1.807) is 0 Å². The molecule has 1 rings (SSSR count). The Bertz CT molecular complexity index is 684. The van der Waals surface area contributed by atoms with Gasteiger partial charge in [-0.1, -0.05) is 0 Å². The molecule has 0 aromatic rings. The van der Waals surface area contributed by atoms with E-state index < -0.39 is 72.9 Å². The largest absolute Gasteiger partial charge is 0.451 e. The van der Waals surface area contributed by atoms with Crippen molar-refractivity contribution in [3.05, 3.63) is 0 Å². The molecule has 1 aliphatic heterocycles. The maximum absolute atomic E-state index is 11.9. The van der Waals surface area contributed by atoms with E-state index in [9.17, 15) is 28.8 Å². The summed E-state index contributed by atoms with van der Waals surface area (Å²) in [6.45, 7) is 5.00. The zero-order valence-corrected chi connectivity index (χ0v) is 16.5. The van der Waals surface area contributed by atoms with Gasteiger partial charge in [0.1, 0.15) is 0 Å². The molecule has 1 saturated heterocycles. The lowest BCUT2D eigenvalue weighted by Crippen LogP contribution is -2.39. The smallest absolute Gasteiger partial charge is 0.347 e. The van der Waals surface area contributed by atoms with Gasteiger partial charge >= 0.3 is 35.8 Å². The van der Waals surface area contributed by atoms with E-state index in [1.165, 1.54) is 34.6 Å². The van der Waals surface area contributed by atoms with Crippen LogP contribution in [0.4, 0.5) is 0 Å². The van der Waals surface area contributed by atoms with Crippen molar-refractivity contribution in [2.75, 3.05) is 6.61 Å². The van der Waals surface area contributed by atoms with Crippen molar-refractivity contribution >= 4 is 35.8 Å². The quantitative estimate of drug-likeness (QED) is 0.357. The molecule has 5 atom stereocenters. The van der Waals surface area contributed by atoms with Gasteiger partial charge in [-0.15, -0.1) is 0 Å². The molecule has 5 unspecified atom stereocenters. The molecule has 1 fully saturated rings. The molecule has 1 aliphatic rings. The Kier molecular flexibility index (Phi) is 8.55. The number of carbonyl (C=O) groups is 6. The summed E-state index contributed by atoms with van der Waals surface area (Å²) in [6, 6.07) is 0. The summed E-state index contributed by atoms with van der Waals surface area (Å²) in [5.74, 6) is -6.42. The first kappa shape index (κ1) is 23.9. The van der Waals surface area contributed by atoms with Crippen molar-refractivity contribution in [1.82, 2.24) is 0 Å². The molecule has 29 heavy (non-hydrogen) atoms. The number of carbonyl (C=O) groups excluding carboxylic acids is 6. The van der Waals surface area contributed by atoms with Crippen molar-refractivity contribution in [3.63, 3.8) is 0 Å². The summed E-state index contributed by atoms with van der Waals surface area (Å²) in [5.41, 5.74) is 0. The molecule has 0 bridgehead atoms. The fraction of sp³-hybridized carbons (Fsp3) is 0.647.